The molecular formula is C20H27NO5S. The number of furan rings is 1. The Morgan fingerprint density at radius 1 is 1.22 bits per heavy atom. The van der Waals surface area contributed by atoms with Gasteiger partial charge in [0.1, 0.15) is 23.9 Å². The summed E-state index contributed by atoms with van der Waals surface area (Å²) in [5.74, 6) is 3.40. The third-order valence-electron chi connectivity index (χ3n) is 4.94. The summed E-state index contributed by atoms with van der Waals surface area (Å²) in [6, 6.07) is 8.71. The zero-order valence-corrected chi connectivity index (χ0v) is 17.1. The van der Waals surface area contributed by atoms with Crippen LogP contribution in [0.4, 0.5) is 0 Å². The quantitative estimate of drug-likeness (QED) is 0.609. The molecule has 1 saturated carbocycles. The summed E-state index contributed by atoms with van der Waals surface area (Å²) >= 11 is 0. The van der Waals surface area contributed by atoms with Gasteiger partial charge in [0.05, 0.1) is 18.0 Å². The molecule has 0 amide bonds. The highest BCUT2D eigenvalue weighted by Crippen LogP contribution is 2.47. The molecule has 1 fully saturated rings. The molecule has 2 atom stereocenters. The van der Waals surface area contributed by atoms with E-state index < -0.39 is 10.0 Å². The Kier molecular flexibility index (Phi) is 5.93. The molecule has 148 valence electrons. The zero-order valence-electron chi connectivity index (χ0n) is 16.3. The predicted molar refractivity (Wildman–Crippen MR) is 102 cm³/mol. The average molecular weight is 394 g/mol. The van der Waals surface area contributed by atoms with Gasteiger partial charge in [-0.2, -0.15) is 4.31 Å². The number of rotatable bonds is 9. The minimum atomic E-state index is -3.61. The van der Waals surface area contributed by atoms with Crippen LogP contribution in [0.3, 0.4) is 0 Å². The number of methoxy groups -OCH3 is 1. The van der Waals surface area contributed by atoms with Gasteiger partial charge in [0.15, 0.2) is 0 Å². The van der Waals surface area contributed by atoms with Gasteiger partial charge in [-0.1, -0.05) is 6.92 Å². The van der Waals surface area contributed by atoms with Crippen LogP contribution < -0.4 is 4.74 Å². The predicted octanol–water partition coefficient (Wildman–Crippen LogP) is 3.56. The molecule has 0 saturated heterocycles. The Hall–Kier alpha value is -1.83. The van der Waals surface area contributed by atoms with Crippen LogP contribution >= 0.6 is 0 Å². The Bertz CT molecular complexity index is 890. The zero-order chi connectivity index (χ0) is 19.6. The minimum Gasteiger partial charge on any atom is -0.491 e. The van der Waals surface area contributed by atoms with E-state index in [1.165, 1.54) is 4.31 Å². The second kappa shape index (κ2) is 8.04. The molecule has 1 aromatic heterocycles. The second-order valence-electron chi connectivity index (χ2n) is 7.15. The standard InChI is InChI=1S/C20H27NO5S/c1-14-12-18(14)20-7-5-16(26-20)13-21(3)27(22,23)17-6-8-19(15(2)11-17)25-10-9-24-4/h5-8,11,14,18H,9-10,12-13H2,1-4H3/t14-,18+/m1/s1. The third kappa shape index (κ3) is 4.54. The maximum Gasteiger partial charge on any atom is 0.243 e. The first-order valence-corrected chi connectivity index (χ1v) is 10.5. The van der Waals surface area contributed by atoms with E-state index in [4.69, 9.17) is 13.9 Å². The van der Waals surface area contributed by atoms with Crippen LogP contribution in [0, 0.1) is 12.8 Å². The van der Waals surface area contributed by atoms with Gasteiger partial charge in [-0.3, -0.25) is 0 Å². The first-order valence-electron chi connectivity index (χ1n) is 9.10. The van der Waals surface area contributed by atoms with E-state index in [0.717, 1.165) is 17.7 Å². The normalized spacial score (nSPS) is 19.4. The first kappa shape index (κ1) is 19.9. The van der Waals surface area contributed by atoms with Crippen molar-refractivity contribution in [2.24, 2.45) is 5.92 Å². The molecular weight excluding hydrogens is 366 g/mol. The van der Waals surface area contributed by atoms with E-state index in [9.17, 15) is 8.42 Å². The van der Waals surface area contributed by atoms with Gasteiger partial charge in [0.2, 0.25) is 10.0 Å². The number of ether oxygens (including phenoxy) is 2. The molecule has 1 aliphatic carbocycles. The molecule has 0 spiro atoms. The summed E-state index contributed by atoms with van der Waals surface area (Å²) in [6.07, 6.45) is 1.14. The van der Waals surface area contributed by atoms with Gasteiger partial charge in [-0.05, 0) is 55.2 Å². The summed E-state index contributed by atoms with van der Waals surface area (Å²) in [6.45, 7) is 5.12. The molecule has 0 aliphatic heterocycles. The molecule has 2 aromatic rings. The maximum absolute atomic E-state index is 12.9. The van der Waals surface area contributed by atoms with Crippen molar-refractivity contribution < 1.29 is 22.3 Å². The molecule has 0 bridgehead atoms. The van der Waals surface area contributed by atoms with Crippen molar-refractivity contribution in [1.29, 1.82) is 0 Å². The largest absolute Gasteiger partial charge is 0.491 e. The van der Waals surface area contributed by atoms with E-state index >= 15 is 0 Å². The molecule has 1 heterocycles. The molecule has 27 heavy (non-hydrogen) atoms. The van der Waals surface area contributed by atoms with Gasteiger partial charge < -0.3 is 13.9 Å². The lowest BCUT2D eigenvalue weighted by Crippen LogP contribution is -2.26. The number of aryl methyl sites for hydroxylation is 1. The summed E-state index contributed by atoms with van der Waals surface area (Å²) < 4.78 is 43.5. The summed E-state index contributed by atoms with van der Waals surface area (Å²) in [5, 5.41) is 0. The fourth-order valence-corrected chi connectivity index (χ4v) is 4.28. The van der Waals surface area contributed by atoms with Crippen LogP contribution in [0.15, 0.2) is 39.6 Å². The van der Waals surface area contributed by atoms with E-state index in [-0.39, 0.29) is 11.4 Å². The highest BCUT2D eigenvalue weighted by Gasteiger charge is 2.36. The SMILES string of the molecule is COCCOc1ccc(S(=O)(=O)N(C)Cc2ccc([C@H]3C[C@H]3C)o2)cc1C. The van der Waals surface area contributed by atoms with Crippen LogP contribution in [-0.2, 0) is 21.3 Å². The number of hydrogen-bond acceptors (Lipinski definition) is 5. The van der Waals surface area contributed by atoms with Crippen LogP contribution in [0.25, 0.3) is 0 Å². The number of benzene rings is 1. The van der Waals surface area contributed by atoms with E-state index in [2.05, 4.69) is 6.92 Å². The monoisotopic (exact) mass is 393 g/mol. The molecule has 7 heteroatoms. The fourth-order valence-electron chi connectivity index (χ4n) is 3.06. The van der Waals surface area contributed by atoms with E-state index in [0.29, 0.717) is 36.6 Å². The van der Waals surface area contributed by atoms with Gasteiger partial charge in [0, 0.05) is 20.1 Å². The summed E-state index contributed by atoms with van der Waals surface area (Å²) in [7, 11) is -0.443. The lowest BCUT2D eigenvalue weighted by Gasteiger charge is -2.17. The highest BCUT2D eigenvalue weighted by atomic mass is 32.2. The van der Waals surface area contributed by atoms with E-state index in [1.54, 1.807) is 32.4 Å². The van der Waals surface area contributed by atoms with Gasteiger partial charge >= 0.3 is 0 Å². The van der Waals surface area contributed by atoms with Crippen molar-refractivity contribution in [3.8, 4) is 5.75 Å². The third-order valence-corrected chi connectivity index (χ3v) is 6.73. The fraction of sp³-hybridized carbons (Fsp3) is 0.500. The summed E-state index contributed by atoms with van der Waals surface area (Å²) in [5.41, 5.74) is 0.767. The van der Waals surface area contributed by atoms with Crippen LogP contribution in [0.1, 0.15) is 36.3 Å². The Morgan fingerprint density at radius 3 is 2.59 bits per heavy atom. The summed E-state index contributed by atoms with van der Waals surface area (Å²) in [4.78, 5) is 0.240. The van der Waals surface area contributed by atoms with Crippen LogP contribution in [0.2, 0.25) is 0 Å². The average Bonchev–Trinajstić information content (AvgIpc) is 3.17. The maximum atomic E-state index is 12.9. The second-order valence-corrected chi connectivity index (χ2v) is 9.20. The smallest absolute Gasteiger partial charge is 0.243 e. The Balaban J connectivity index is 1.69. The molecule has 0 unspecified atom stereocenters. The molecule has 6 nitrogen and oxygen atoms in total. The molecule has 0 N–H and O–H groups in total. The van der Waals surface area contributed by atoms with Crippen molar-refractivity contribution in [3.05, 3.63) is 47.4 Å². The van der Waals surface area contributed by atoms with Crippen molar-refractivity contribution in [1.82, 2.24) is 4.31 Å². The topological polar surface area (TPSA) is 69.0 Å². The number of sulfonamides is 1. The number of hydrogen-bond donors (Lipinski definition) is 0. The molecule has 0 radical (unpaired) electrons. The Labute approximate surface area is 161 Å². The molecule has 3 rings (SSSR count). The van der Waals surface area contributed by atoms with Crippen LogP contribution in [0.5, 0.6) is 5.75 Å². The lowest BCUT2D eigenvalue weighted by atomic mass is 10.2. The van der Waals surface area contributed by atoms with E-state index in [1.807, 2.05) is 19.1 Å². The van der Waals surface area contributed by atoms with Gasteiger partial charge in [-0.25, -0.2) is 8.42 Å². The van der Waals surface area contributed by atoms with Crippen molar-refractivity contribution in [3.63, 3.8) is 0 Å². The Morgan fingerprint density at radius 2 is 1.96 bits per heavy atom. The van der Waals surface area contributed by atoms with Crippen molar-refractivity contribution in [2.75, 3.05) is 27.4 Å². The van der Waals surface area contributed by atoms with Crippen LogP contribution in [-0.4, -0.2) is 40.1 Å². The first-order chi connectivity index (χ1) is 12.8. The molecule has 1 aliphatic rings. The van der Waals surface area contributed by atoms with Gasteiger partial charge in [-0.15, -0.1) is 0 Å². The molecule has 1 aromatic carbocycles. The minimum absolute atomic E-state index is 0.203. The van der Waals surface area contributed by atoms with Gasteiger partial charge in [0.25, 0.3) is 0 Å². The highest BCUT2D eigenvalue weighted by molar-refractivity contribution is 7.89. The lowest BCUT2D eigenvalue weighted by molar-refractivity contribution is 0.146. The van der Waals surface area contributed by atoms with Crippen molar-refractivity contribution in [2.45, 2.75) is 37.6 Å². The van der Waals surface area contributed by atoms with Crippen molar-refractivity contribution >= 4 is 10.0 Å². The number of nitrogens with zero attached hydrogens (tertiary/aromatic N) is 1.